The molecule has 0 unspecified atom stereocenters. The van der Waals surface area contributed by atoms with E-state index >= 15 is 0 Å². The maximum Gasteiger partial charge on any atom is 0.229 e. The highest BCUT2D eigenvalue weighted by Crippen LogP contribution is 2.23. The standard InChI is InChI=1S/C20H15ClN4O/c21-15-5-3-13(4-6-15)10-16(22)12-17-11-14(7-9-23-17)20-25-19-18(26-20)2-1-8-24-19/h1-9,11,22H,10,12H2. The van der Waals surface area contributed by atoms with E-state index in [0.717, 1.165) is 16.8 Å². The molecule has 4 rings (SSSR count). The normalized spacial score (nSPS) is 11.0. The highest BCUT2D eigenvalue weighted by Gasteiger charge is 2.10. The Kier molecular flexibility index (Phi) is 4.46. The van der Waals surface area contributed by atoms with E-state index < -0.39 is 0 Å². The summed E-state index contributed by atoms with van der Waals surface area (Å²) >= 11 is 5.90. The largest absolute Gasteiger partial charge is 0.434 e. The minimum atomic E-state index is 0.467. The molecule has 0 bridgehead atoms. The van der Waals surface area contributed by atoms with Gasteiger partial charge in [-0.05, 0) is 42.0 Å². The van der Waals surface area contributed by atoms with Crippen molar-refractivity contribution in [3.63, 3.8) is 0 Å². The summed E-state index contributed by atoms with van der Waals surface area (Å²) in [6, 6.07) is 14.9. The third kappa shape index (κ3) is 3.63. The van der Waals surface area contributed by atoms with E-state index in [0.29, 0.717) is 40.7 Å². The minimum absolute atomic E-state index is 0.467. The van der Waals surface area contributed by atoms with E-state index in [1.54, 1.807) is 12.4 Å². The van der Waals surface area contributed by atoms with Crippen molar-refractivity contribution in [3.8, 4) is 11.5 Å². The van der Waals surface area contributed by atoms with Gasteiger partial charge in [0.15, 0.2) is 11.2 Å². The first-order valence-corrected chi connectivity index (χ1v) is 8.53. The quantitative estimate of drug-likeness (QED) is 0.520. The molecule has 26 heavy (non-hydrogen) atoms. The van der Waals surface area contributed by atoms with Crippen LogP contribution in [0.3, 0.4) is 0 Å². The first kappa shape index (κ1) is 16.4. The van der Waals surface area contributed by atoms with Gasteiger partial charge in [-0.15, -0.1) is 0 Å². The van der Waals surface area contributed by atoms with Crippen LogP contribution in [0.25, 0.3) is 22.7 Å². The Morgan fingerprint density at radius 3 is 2.65 bits per heavy atom. The molecule has 4 aromatic rings. The smallest absolute Gasteiger partial charge is 0.229 e. The lowest BCUT2D eigenvalue weighted by Gasteiger charge is -2.05. The molecule has 3 aromatic heterocycles. The highest BCUT2D eigenvalue weighted by atomic mass is 35.5. The van der Waals surface area contributed by atoms with Gasteiger partial charge in [0.2, 0.25) is 5.89 Å². The second kappa shape index (κ2) is 7.06. The summed E-state index contributed by atoms with van der Waals surface area (Å²) in [7, 11) is 0. The SMILES string of the molecule is N=C(Cc1ccc(Cl)cc1)Cc1cc(-c2nc3ncccc3o2)ccn1. The fourth-order valence-electron chi connectivity index (χ4n) is 2.73. The molecule has 1 N–H and O–H groups in total. The van der Waals surface area contributed by atoms with Crippen molar-refractivity contribution >= 4 is 28.5 Å². The van der Waals surface area contributed by atoms with Gasteiger partial charge in [0.1, 0.15) is 0 Å². The molecule has 128 valence electrons. The predicted octanol–water partition coefficient (Wildman–Crippen LogP) is 4.74. The number of rotatable bonds is 5. The van der Waals surface area contributed by atoms with Crippen molar-refractivity contribution in [3.05, 3.63) is 77.2 Å². The second-order valence-corrected chi connectivity index (χ2v) is 6.40. The van der Waals surface area contributed by atoms with Crippen LogP contribution >= 0.6 is 11.6 Å². The van der Waals surface area contributed by atoms with Gasteiger partial charge in [0, 0.05) is 47.2 Å². The van der Waals surface area contributed by atoms with Gasteiger partial charge in [0.05, 0.1) is 0 Å². The Hall–Kier alpha value is -3.05. The average molecular weight is 363 g/mol. The van der Waals surface area contributed by atoms with Crippen LogP contribution in [0.5, 0.6) is 0 Å². The molecule has 0 saturated carbocycles. The summed E-state index contributed by atoms with van der Waals surface area (Å²) in [6.45, 7) is 0. The van der Waals surface area contributed by atoms with Gasteiger partial charge < -0.3 is 9.83 Å². The Balaban J connectivity index is 1.51. The van der Waals surface area contributed by atoms with Crippen molar-refractivity contribution in [2.75, 3.05) is 0 Å². The first-order chi connectivity index (χ1) is 12.7. The number of halogens is 1. The lowest BCUT2D eigenvalue weighted by molar-refractivity contribution is 0.619. The van der Waals surface area contributed by atoms with Crippen LogP contribution in [0, 0.1) is 5.41 Å². The van der Waals surface area contributed by atoms with Gasteiger partial charge in [-0.1, -0.05) is 23.7 Å². The summed E-state index contributed by atoms with van der Waals surface area (Å²) < 4.78 is 5.75. The van der Waals surface area contributed by atoms with E-state index in [4.69, 9.17) is 21.4 Å². The monoisotopic (exact) mass is 362 g/mol. The van der Waals surface area contributed by atoms with Crippen molar-refractivity contribution in [2.45, 2.75) is 12.8 Å². The molecule has 0 spiro atoms. The van der Waals surface area contributed by atoms with Crippen LogP contribution in [0.15, 0.2) is 65.3 Å². The number of pyridine rings is 2. The number of oxazole rings is 1. The van der Waals surface area contributed by atoms with Crippen LogP contribution in [-0.4, -0.2) is 20.7 Å². The van der Waals surface area contributed by atoms with Gasteiger partial charge in [-0.25, -0.2) is 4.98 Å². The van der Waals surface area contributed by atoms with Crippen molar-refractivity contribution in [1.29, 1.82) is 5.41 Å². The summed E-state index contributed by atoms with van der Waals surface area (Å²) in [5.41, 5.74) is 4.49. The van der Waals surface area contributed by atoms with E-state index in [2.05, 4.69) is 15.0 Å². The molecule has 0 radical (unpaired) electrons. The number of hydrogen-bond donors (Lipinski definition) is 1. The highest BCUT2D eigenvalue weighted by molar-refractivity contribution is 6.30. The summed E-state index contributed by atoms with van der Waals surface area (Å²) in [4.78, 5) is 13.0. The lowest BCUT2D eigenvalue weighted by atomic mass is 10.0. The predicted molar refractivity (Wildman–Crippen MR) is 102 cm³/mol. The number of nitrogens with one attached hydrogen (secondary N) is 1. The van der Waals surface area contributed by atoms with Crippen LogP contribution in [0.2, 0.25) is 5.02 Å². The van der Waals surface area contributed by atoms with Gasteiger partial charge in [-0.3, -0.25) is 4.98 Å². The molecular weight excluding hydrogens is 348 g/mol. The van der Waals surface area contributed by atoms with E-state index in [9.17, 15) is 0 Å². The zero-order valence-electron chi connectivity index (χ0n) is 13.8. The molecule has 5 nitrogen and oxygen atoms in total. The van der Waals surface area contributed by atoms with Crippen LogP contribution in [0.1, 0.15) is 11.3 Å². The molecule has 0 fully saturated rings. The number of hydrogen-bond acceptors (Lipinski definition) is 5. The van der Waals surface area contributed by atoms with Crippen LogP contribution in [0.4, 0.5) is 0 Å². The Morgan fingerprint density at radius 2 is 1.85 bits per heavy atom. The Morgan fingerprint density at radius 1 is 1.00 bits per heavy atom. The van der Waals surface area contributed by atoms with Crippen molar-refractivity contribution < 1.29 is 4.42 Å². The van der Waals surface area contributed by atoms with Crippen LogP contribution in [-0.2, 0) is 12.8 Å². The number of benzene rings is 1. The van der Waals surface area contributed by atoms with E-state index in [1.165, 1.54) is 0 Å². The number of nitrogens with zero attached hydrogens (tertiary/aromatic N) is 3. The maximum atomic E-state index is 8.26. The zero-order valence-corrected chi connectivity index (χ0v) is 14.6. The molecule has 0 aliphatic carbocycles. The molecular formula is C20H15ClN4O. The van der Waals surface area contributed by atoms with E-state index in [-0.39, 0.29) is 0 Å². The lowest BCUT2D eigenvalue weighted by Crippen LogP contribution is -2.07. The maximum absolute atomic E-state index is 8.26. The van der Waals surface area contributed by atoms with Gasteiger partial charge >= 0.3 is 0 Å². The van der Waals surface area contributed by atoms with Crippen molar-refractivity contribution in [1.82, 2.24) is 15.0 Å². The molecule has 0 saturated heterocycles. The molecule has 1 aromatic carbocycles. The zero-order chi connectivity index (χ0) is 17.9. The van der Waals surface area contributed by atoms with Crippen molar-refractivity contribution in [2.24, 2.45) is 0 Å². The van der Waals surface area contributed by atoms with Crippen LogP contribution < -0.4 is 0 Å². The fourth-order valence-corrected chi connectivity index (χ4v) is 2.86. The molecule has 6 heteroatoms. The molecule has 0 amide bonds. The summed E-state index contributed by atoms with van der Waals surface area (Å²) in [5, 5.41) is 8.95. The van der Waals surface area contributed by atoms with Gasteiger partial charge in [-0.2, -0.15) is 4.98 Å². The molecule has 3 heterocycles. The second-order valence-electron chi connectivity index (χ2n) is 5.96. The Bertz CT molecular complexity index is 1040. The number of fused-ring (bicyclic) bond motifs is 1. The summed E-state index contributed by atoms with van der Waals surface area (Å²) in [5.74, 6) is 0.506. The van der Waals surface area contributed by atoms with Gasteiger partial charge in [0.25, 0.3) is 0 Å². The van der Waals surface area contributed by atoms with E-state index in [1.807, 2.05) is 48.5 Å². The third-order valence-electron chi connectivity index (χ3n) is 3.95. The average Bonchev–Trinajstić information content (AvgIpc) is 3.08. The minimum Gasteiger partial charge on any atom is -0.434 e. The molecule has 0 aliphatic heterocycles. The Labute approximate surface area is 155 Å². The topological polar surface area (TPSA) is 75.7 Å². The number of aromatic nitrogens is 3. The first-order valence-electron chi connectivity index (χ1n) is 8.15. The molecule has 0 atom stereocenters. The fraction of sp³-hybridized carbons (Fsp3) is 0.100. The molecule has 0 aliphatic rings. The summed E-state index contributed by atoms with van der Waals surface area (Å²) in [6.07, 6.45) is 4.43. The third-order valence-corrected chi connectivity index (χ3v) is 4.21.